The molecule has 1 aromatic heterocycles. The molecule has 122 valence electrons. The average molecular weight is 386 g/mol. The summed E-state index contributed by atoms with van der Waals surface area (Å²) < 4.78 is 7.81. The van der Waals surface area contributed by atoms with E-state index in [0.29, 0.717) is 0 Å². The minimum atomic E-state index is -0.289. The number of hydrogen-bond donors (Lipinski definition) is 0. The van der Waals surface area contributed by atoms with Gasteiger partial charge in [-0.25, -0.2) is 9.36 Å². The Bertz CT molecular complexity index is 895. The first-order valence-electron chi connectivity index (χ1n) is 7.78. The summed E-state index contributed by atoms with van der Waals surface area (Å²) in [5, 5.41) is 0.997. The van der Waals surface area contributed by atoms with Crippen LogP contribution in [0, 0.1) is 0 Å². The Balaban J connectivity index is 2.38. The highest BCUT2D eigenvalue weighted by molar-refractivity contribution is 9.10. The molecule has 0 bridgehead atoms. The molecule has 3 rings (SSSR count). The van der Waals surface area contributed by atoms with Gasteiger partial charge < -0.3 is 4.74 Å². The molecule has 2 aromatic carbocycles. The van der Waals surface area contributed by atoms with E-state index in [9.17, 15) is 4.79 Å². The lowest BCUT2D eigenvalue weighted by Gasteiger charge is -2.12. The Hall–Kier alpha value is -2.27. The molecule has 0 fully saturated rings. The van der Waals surface area contributed by atoms with Gasteiger partial charge in [-0.1, -0.05) is 53.2 Å². The molecule has 0 amide bonds. The Morgan fingerprint density at radius 1 is 1.21 bits per heavy atom. The Morgan fingerprint density at radius 2 is 1.96 bits per heavy atom. The van der Waals surface area contributed by atoms with Crippen molar-refractivity contribution >= 4 is 32.8 Å². The number of rotatable bonds is 4. The molecule has 0 atom stereocenters. The van der Waals surface area contributed by atoms with Crippen molar-refractivity contribution < 1.29 is 14.1 Å². The summed E-state index contributed by atoms with van der Waals surface area (Å²) in [6.07, 6.45) is 0.725. The van der Waals surface area contributed by atoms with Gasteiger partial charge in [-0.15, -0.1) is 0 Å². The van der Waals surface area contributed by atoms with Crippen LogP contribution < -0.4 is 4.57 Å². The van der Waals surface area contributed by atoms with E-state index in [4.69, 9.17) is 9.72 Å². The lowest BCUT2D eigenvalue weighted by molar-refractivity contribution is -0.684. The molecular formula is C19H18BrN2O2+. The van der Waals surface area contributed by atoms with Gasteiger partial charge in [0.15, 0.2) is 12.1 Å². The number of carbonyl (C=O) groups is 1. The Morgan fingerprint density at radius 3 is 2.62 bits per heavy atom. The normalized spacial score (nSPS) is 10.8. The maximum absolute atomic E-state index is 12.0. The van der Waals surface area contributed by atoms with Crippen LogP contribution in [-0.2, 0) is 22.5 Å². The molecule has 0 spiro atoms. The quantitative estimate of drug-likeness (QED) is 0.508. The third-order valence-electron chi connectivity index (χ3n) is 3.92. The van der Waals surface area contributed by atoms with E-state index in [1.54, 1.807) is 0 Å². The minimum absolute atomic E-state index is 0.138. The van der Waals surface area contributed by atoms with Gasteiger partial charge in [-0.2, -0.15) is 0 Å². The van der Waals surface area contributed by atoms with Crippen molar-refractivity contribution in [3.8, 4) is 11.3 Å². The van der Waals surface area contributed by atoms with E-state index < -0.39 is 0 Å². The van der Waals surface area contributed by atoms with E-state index in [2.05, 4.69) is 15.9 Å². The predicted molar refractivity (Wildman–Crippen MR) is 96.5 cm³/mol. The lowest BCUT2D eigenvalue weighted by Crippen LogP contribution is -2.45. The summed E-state index contributed by atoms with van der Waals surface area (Å²) in [6.45, 7) is 2.18. The minimum Gasteiger partial charge on any atom is -0.466 e. The smallest absolute Gasteiger partial charge is 0.348 e. The van der Waals surface area contributed by atoms with E-state index in [1.807, 2.05) is 60.0 Å². The second kappa shape index (κ2) is 7.09. The van der Waals surface area contributed by atoms with Gasteiger partial charge in [0.1, 0.15) is 5.69 Å². The number of fused-ring (bicyclic) bond motifs is 1. The van der Waals surface area contributed by atoms with Crippen molar-refractivity contribution in [3.05, 3.63) is 58.8 Å². The van der Waals surface area contributed by atoms with E-state index in [-0.39, 0.29) is 12.5 Å². The molecule has 3 aromatic rings. The van der Waals surface area contributed by atoms with Crippen LogP contribution in [-0.4, -0.2) is 18.1 Å². The summed E-state index contributed by atoms with van der Waals surface area (Å²) in [7, 11) is 1.40. The highest BCUT2D eigenvalue weighted by Crippen LogP contribution is 2.27. The van der Waals surface area contributed by atoms with Crippen molar-refractivity contribution in [2.24, 2.45) is 0 Å². The van der Waals surface area contributed by atoms with Crippen molar-refractivity contribution in [3.63, 3.8) is 0 Å². The number of nitrogens with zero attached hydrogens (tertiary/aromatic N) is 2. The maximum Gasteiger partial charge on any atom is 0.348 e. The Labute approximate surface area is 149 Å². The zero-order chi connectivity index (χ0) is 17.1. The number of methoxy groups -OCH3 is 1. The molecule has 0 saturated heterocycles. The summed E-state index contributed by atoms with van der Waals surface area (Å²) in [5.41, 5.74) is 2.93. The van der Waals surface area contributed by atoms with Crippen LogP contribution in [0.15, 0.2) is 53.0 Å². The Kier molecular flexibility index (Phi) is 4.90. The van der Waals surface area contributed by atoms with Crippen molar-refractivity contribution in [2.45, 2.75) is 19.9 Å². The molecule has 0 unspecified atom stereocenters. The van der Waals surface area contributed by atoms with Gasteiger partial charge in [0.25, 0.3) is 5.82 Å². The van der Waals surface area contributed by atoms with Crippen molar-refractivity contribution in [1.29, 1.82) is 0 Å². The summed E-state index contributed by atoms with van der Waals surface area (Å²) >= 11 is 3.54. The number of halogens is 1. The van der Waals surface area contributed by atoms with Gasteiger partial charge in [0.05, 0.1) is 18.9 Å². The fraction of sp³-hybridized carbons (Fsp3) is 0.211. The van der Waals surface area contributed by atoms with Crippen molar-refractivity contribution in [1.82, 2.24) is 4.98 Å². The monoisotopic (exact) mass is 385 g/mol. The fourth-order valence-corrected chi connectivity index (χ4v) is 3.17. The number of esters is 1. The topological polar surface area (TPSA) is 43.1 Å². The van der Waals surface area contributed by atoms with Crippen molar-refractivity contribution in [2.75, 3.05) is 7.11 Å². The van der Waals surface area contributed by atoms with Crippen LogP contribution >= 0.6 is 15.9 Å². The molecule has 0 aliphatic heterocycles. The number of aryl methyl sites for hydroxylation is 1. The fourth-order valence-electron chi connectivity index (χ4n) is 2.81. The van der Waals surface area contributed by atoms with Gasteiger partial charge in [0, 0.05) is 10.0 Å². The van der Waals surface area contributed by atoms with Gasteiger partial charge in [0.2, 0.25) is 0 Å². The molecule has 0 radical (unpaired) electrons. The lowest BCUT2D eigenvalue weighted by atomic mass is 10.1. The molecule has 0 saturated carbocycles. The van der Waals surface area contributed by atoms with Gasteiger partial charge >= 0.3 is 5.97 Å². The molecule has 0 aliphatic rings. The SMILES string of the molecule is CCc1nc2ccc(Br)cc2c(-c2ccccc2)[n+]1CC(=O)OC. The van der Waals surface area contributed by atoms with Crippen LogP contribution in [0.1, 0.15) is 12.7 Å². The highest BCUT2D eigenvalue weighted by atomic mass is 79.9. The second-order valence-electron chi connectivity index (χ2n) is 5.42. The molecule has 0 aliphatic carbocycles. The molecule has 1 heterocycles. The van der Waals surface area contributed by atoms with Gasteiger partial charge in [-0.05, 0) is 23.2 Å². The van der Waals surface area contributed by atoms with Crippen LogP contribution in [0.2, 0.25) is 0 Å². The van der Waals surface area contributed by atoms with Crippen LogP contribution in [0.4, 0.5) is 0 Å². The zero-order valence-electron chi connectivity index (χ0n) is 13.6. The molecular weight excluding hydrogens is 368 g/mol. The molecule has 4 nitrogen and oxygen atoms in total. The standard InChI is InChI=1S/C19H18BrN2O2/c1-3-17-21-16-10-9-14(20)11-15(16)19(13-7-5-4-6-8-13)22(17)12-18(23)24-2/h4-11H,3,12H2,1-2H3/q+1. The first-order chi connectivity index (χ1) is 11.6. The number of ether oxygens (including phenoxy) is 1. The first kappa shape index (κ1) is 16.6. The molecule has 24 heavy (non-hydrogen) atoms. The third kappa shape index (κ3) is 3.17. The first-order valence-corrected chi connectivity index (χ1v) is 8.57. The van der Waals surface area contributed by atoms with E-state index >= 15 is 0 Å². The third-order valence-corrected chi connectivity index (χ3v) is 4.42. The van der Waals surface area contributed by atoms with Crippen LogP contribution in [0.5, 0.6) is 0 Å². The summed E-state index contributed by atoms with van der Waals surface area (Å²) in [4.78, 5) is 16.7. The molecule has 0 N–H and O–H groups in total. The number of aromatic nitrogens is 2. The highest BCUT2D eigenvalue weighted by Gasteiger charge is 2.24. The summed E-state index contributed by atoms with van der Waals surface area (Å²) in [6, 6.07) is 16.1. The number of hydrogen-bond acceptors (Lipinski definition) is 3. The van der Waals surface area contributed by atoms with E-state index in [1.165, 1.54) is 7.11 Å². The second-order valence-corrected chi connectivity index (χ2v) is 6.34. The summed E-state index contributed by atoms with van der Waals surface area (Å²) in [5.74, 6) is 0.567. The van der Waals surface area contributed by atoms with Gasteiger partial charge in [-0.3, -0.25) is 0 Å². The van der Waals surface area contributed by atoms with Crippen LogP contribution in [0.25, 0.3) is 22.2 Å². The number of benzene rings is 2. The average Bonchev–Trinajstić information content (AvgIpc) is 2.61. The predicted octanol–water partition coefficient (Wildman–Crippen LogP) is 3.69. The van der Waals surface area contributed by atoms with Crippen LogP contribution in [0.3, 0.4) is 0 Å². The maximum atomic E-state index is 12.0. The largest absolute Gasteiger partial charge is 0.466 e. The molecule has 5 heteroatoms. The van der Waals surface area contributed by atoms with E-state index in [0.717, 1.165) is 38.9 Å². The number of carbonyl (C=O) groups excluding carboxylic acids is 1. The zero-order valence-corrected chi connectivity index (χ0v) is 15.2.